The Hall–Kier alpha value is -1.88. The molecule has 2 amide bonds. The van der Waals surface area contributed by atoms with Gasteiger partial charge in [-0.15, -0.1) is 0 Å². The number of piperidine rings is 1. The predicted molar refractivity (Wildman–Crippen MR) is 91.3 cm³/mol. The summed E-state index contributed by atoms with van der Waals surface area (Å²) in [5, 5.41) is 3.02. The molecular formula is C19H26N2O3. The summed E-state index contributed by atoms with van der Waals surface area (Å²) < 4.78 is 5.30. The van der Waals surface area contributed by atoms with Crippen LogP contribution in [0.4, 0.5) is 0 Å². The Balaban J connectivity index is 1.43. The van der Waals surface area contributed by atoms with Crippen molar-refractivity contribution < 1.29 is 14.3 Å². The molecule has 2 heterocycles. The number of likely N-dealkylation sites (tertiary alicyclic amines) is 1. The van der Waals surface area contributed by atoms with Gasteiger partial charge in [0.15, 0.2) is 0 Å². The lowest BCUT2D eigenvalue weighted by atomic mass is 9.94. The lowest BCUT2D eigenvalue weighted by Gasteiger charge is -2.32. The quantitative estimate of drug-likeness (QED) is 0.917. The van der Waals surface area contributed by atoms with Gasteiger partial charge in [0.05, 0.1) is 12.5 Å². The molecule has 2 aliphatic rings. The van der Waals surface area contributed by atoms with E-state index in [2.05, 4.69) is 24.4 Å². The molecule has 2 fully saturated rings. The van der Waals surface area contributed by atoms with Crippen molar-refractivity contribution in [3.63, 3.8) is 0 Å². The number of carbonyl (C=O) groups is 2. The molecule has 0 saturated carbocycles. The zero-order valence-corrected chi connectivity index (χ0v) is 14.3. The summed E-state index contributed by atoms with van der Waals surface area (Å²) in [5.41, 5.74) is 2.33. The number of benzene rings is 1. The van der Waals surface area contributed by atoms with Gasteiger partial charge in [-0.2, -0.15) is 0 Å². The summed E-state index contributed by atoms with van der Waals surface area (Å²) in [7, 11) is 0. The van der Waals surface area contributed by atoms with E-state index in [1.165, 1.54) is 5.56 Å². The maximum atomic E-state index is 12.4. The molecule has 0 aromatic heterocycles. The summed E-state index contributed by atoms with van der Waals surface area (Å²) in [6.45, 7) is 5.22. The largest absolute Gasteiger partial charge is 0.381 e. The molecule has 0 aliphatic carbocycles. The first kappa shape index (κ1) is 17.0. The van der Waals surface area contributed by atoms with Gasteiger partial charge in [-0.1, -0.05) is 29.8 Å². The summed E-state index contributed by atoms with van der Waals surface area (Å²) in [4.78, 5) is 26.6. The Morgan fingerprint density at radius 3 is 2.46 bits per heavy atom. The maximum Gasteiger partial charge on any atom is 0.228 e. The van der Waals surface area contributed by atoms with Crippen LogP contribution in [0.1, 0.15) is 30.4 Å². The predicted octanol–water partition coefficient (Wildman–Crippen LogP) is 1.89. The maximum absolute atomic E-state index is 12.4. The molecular weight excluding hydrogens is 304 g/mol. The minimum Gasteiger partial charge on any atom is -0.381 e. The fourth-order valence-electron chi connectivity index (χ4n) is 3.39. The van der Waals surface area contributed by atoms with Crippen molar-refractivity contribution in [1.82, 2.24) is 10.2 Å². The van der Waals surface area contributed by atoms with Crippen LogP contribution in [-0.4, -0.2) is 43.0 Å². The Morgan fingerprint density at radius 1 is 1.12 bits per heavy atom. The standard InChI is InChI=1S/C19H26N2O3/c1-14-2-4-15(5-3-14)12-20-18(22)16-6-9-21(10-7-16)19(23)17-8-11-24-13-17/h2-5,16-17H,6-13H2,1H3,(H,20,22)/t17-/m0/s1. The van der Waals surface area contributed by atoms with Gasteiger partial charge in [-0.3, -0.25) is 9.59 Å². The molecule has 2 aliphatic heterocycles. The Morgan fingerprint density at radius 2 is 1.83 bits per heavy atom. The van der Waals surface area contributed by atoms with Gasteiger partial charge in [-0.25, -0.2) is 0 Å². The number of amides is 2. The van der Waals surface area contributed by atoms with E-state index >= 15 is 0 Å². The second-order valence-electron chi connectivity index (χ2n) is 6.86. The Bertz CT molecular complexity index is 571. The SMILES string of the molecule is Cc1ccc(CNC(=O)C2CCN(C(=O)[C@H]3CCOC3)CC2)cc1. The Labute approximate surface area is 143 Å². The Kier molecular flexibility index (Phi) is 5.51. The van der Waals surface area contributed by atoms with Crippen LogP contribution < -0.4 is 5.32 Å². The van der Waals surface area contributed by atoms with Crippen LogP contribution in [0.5, 0.6) is 0 Å². The lowest BCUT2D eigenvalue weighted by molar-refractivity contribution is -0.139. The van der Waals surface area contributed by atoms with Crippen LogP contribution in [0, 0.1) is 18.8 Å². The van der Waals surface area contributed by atoms with E-state index in [-0.39, 0.29) is 23.7 Å². The molecule has 130 valence electrons. The van der Waals surface area contributed by atoms with Gasteiger partial charge in [0.25, 0.3) is 0 Å². The molecule has 1 N–H and O–H groups in total. The number of nitrogens with zero attached hydrogens (tertiary/aromatic N) is 1. The molecule has 0 spiro atoms. The van der Waals surface area contributed by atoms with Crippen LogP contribution in [0.25, 0.3) is 0 Å². The van der Waals surface area contributed by atoms with E-state index in [0.717, 1.165) is 24.8 Å². The number of nitrogens with one attached hydrogen (secondary N) is 1. The molecule has 3 rings (SSSR count). The van der Waals surface area contributed by atoms with Crippen molar-refractivity contribution in [2.24, 2.45) is 11.8 Å². The highest BCUT2D eigenvalue weighted by Crippen LogP contribution is 2.22. The number of hydrogen-bond acceptors (Lipinski definition) is 3. The van der Waals surface area contributed by atoms with Gasteiger partial charge in [0, 0.05) is 32.2 Å². The highest BCUT2D eigenvalue weighted by molar-refractivity contribution is 5.81. The minimum atomic E-state index is 0.0133. The normalized spacial score (nSPS) is 21.7. The van der Waals surface area contributed by atoms with E-state index in [9.17, 15) is 9.59 Å². The molecule has 1 atom stereocenters. The van der Waals surface area contributed by atoms with E-state index in [1.54, 1.807) is 0 Å². The van der Waals surface area contributed by atoms with Crippen LogP contribution in [-0.2, 0) is 20.9 Å². The number of ether oxygens (including phenoxy) is 1. The van der Waals surface area contributed by atoms with Crippen molar-refractivity contribution in [2.75, 3.05) is 26.3 Å². The van der Waals surface area contributed by atoms with E-state index in [1.807, 2.05) is 17.0 Å². The molecule has 5 heteroatoms. The molecule has 0 unspecified atom stereocenters. The smallest absolute Gasteiger partial charge is 0.228 e. The van der Waals surface area contributed by atoms with Crippen molar-refractivity contribution in [3.05, 3.63) is 35.4 Å². The topological polar surface area (TPSA) is 58.6 Å². The van der Waals surface area contributed by atoms with Crippen molar-refractivity contribution in [2.45, 2.75) is 32.7 Å². The highest BCUT2D eigenvalue weighted by atomic mass is 16.5. The summed E-state index contributed by atoms with van der Waals surface area (Å²) in [6, 6.07) is 8.19. The third kappa shape index (κ3) is 4.15. The summed E-state index contributed by atoms with van der Waals surface area (Å²) in [5.74, 6) is 0.342. The lowest BCUT2D eigenvalue weighted by Crippen LogP contribution is -2.45. The van der Waals surface area contributed by atoms with Crippen LogP contribution >= 0.6 is 0 Å². The molecule has 1 aromatic rings. The number of carbonyl (C=O) groups excluding carboxylic acids is 2. The summed E-state index contributed by atoms with van der Waals surface area (Å²) in [6.07, 6.45) is 2.33. The molecule has 5 nitrogen and oxygen atoms in total. The van der Waals surface area contributed by atoms with Gasteiger partial charge in [0.2, 0.25) is 11.8 Å². The van der Waals surface area contributed by atoms with Crippen LogP contribution in [0.2, 0.25) is 0 Å². The number of hydrogen-bond donors (Lipinski definition) is 1. The minimum absolute atomic E-state index is 0.0133. The monoisotopic (exact) mass is 330 g/mol. The van der Waals surface area contributed by atoms with Gasteiger partial charge in [0.1, 0.15) is 0 Å². The fourth-order valence-corrected chi connectivity index (χ4v) is 3.39. The molecule has 1 aromatic carbocycles. The number of aryl methyl sites for hydroxylation is 1. The average Bonchev–Trinajstić information content (AvgIpc) is 3.15. The first-order valence-corrected chi connectivity index (χ1v) is 8.83. The van der Waals surface area contributed by atoms with Gasteiger partial charge >= 0.3 is 0 Å². The summed E-state index contributed by atoms with van der Waals surface area (Å²) >= 11 is 0. The third-order valence-electron chi connectivity index (χ3n) is 5.04. The second-order valence-corrected chi connectivity index (χ2v) is 6.86. The molecule has 0 radical (unpaired) electrons. The van der Waals surface area contributed by atoms with Crippen molar-refractivity contribution >= 4 is 11.8 Å². The molecule has 24 heavy (non-hydrogen) atoms. The number of rotatable bonds is 4. The first-order chi connectivity index (χ1) is 11.6. The average molecular weight is 330 g/mol. The van der Waals surface area contributed by atoms with Gasteiger partial charge in [-0.05, 0) is 31.7 Å². The van der Waals surface area contributed by atoms with E-state index in [4.69, 9.17) is 4.74 Å². The van der Waals surface area contributed by atoms with E-state index in [0.29, 0.717) is 32.8 Å². The second kappa shape index (κ2) is 7.79. The van der Waals surface area contributed by atoms with Crippen molar-refractivity contribution in [1.29, 1.82) is 0 Å². The van der Waals surface area contributed by atoms with Crippen molar-refractivity contribution in [3.8, 4) is 0 Å². The molecule has 2 saturated heterocycles. The van der Waals surface area contributed by atoms with Crippen LogP contribution in [0.3, 0.4) is 0 Å². The highest BCUT2D eigenvalue weighted by Gasteiger charge is 2.32. The molecule has 0 bridgehead atoms. The first-order valence-electron chi connectivity index (χ1n) is 8.83. The third-order valence-corrected chi connectivity index (χ3v) is 5.04. The fraction of sp³-hybridized carbons (Fsp3) is 0.579. The van der Waals surface area contributed by atoms with Gasteiger partial charge < -0.3 is 15.0 Å². The van der Waals surface area contributed by atoms with Crippen LogP contribution in [0.15, 0.2) is 24.3 Å². The zero-order chi connectivity index (χ0) is 16.9. The zero-order valence-electron chi connectivity index (χ0n) is 14.3. The van der Waals surface area contributed by atoms with E-state index < -0.39 is 0 Å².